The molecule has 0 fully saturated rings. The minimum Gasteiger partial charge on any atom is -0.387 e. The predicted octanol–water partition coefficient (Wildman–Crippen LogP) is 2.70. The molecule has 132 valence electrons. The van der Waals surface area contributed by atoms with Crippen molar-refractivity contribution in [3.05, 3.63) is 47.5 Å². The van der Waals surface area contributed by atoms with E-state index in [-0.39, 0.29) is 17.6 Å². The summed E-state index contributed by atoms with van der Waals surface area (Å²) in [6.45, 7) is 0.749. The lowest BCUT2D eigenvalue weighted by Crippen LogP contribution is -2.24. The summed E-state index contributed by atoms with van der Waals surface area (Å²) in [7, 11) is 0. The van der Waals surface area contributed by atoms with Gasteiger partial charge in [-0.1, -0.05) is 41.9 Å². The Hall–Kier alpha value is -3.01. The van der Waals surface area contributed by atoms with Crippen LogP contribution in [0.25, 0.3) is 0 Å². The Morgan fingerprint density at radius 3 is 2.88 bits per heavy atom. The molecule has 1 aromatic carbocycles. The molecule has 2 aliphatic heterocycles. The van der Waals surface area contributed by atoms with E-state index in [4.69, 9.17) is 4.84 Å². The van der Waals surface area contributed by atoms with Gasteiger partial charge in [0, 0.05) is 19.4 Å². The summed E-state index contributed by atoms with van der Waals surface area (Å²) in [5.41, 5.74) is 1.25. The molecule has 3 heterocycles. The molecule has 2 atom stereocenters. The molecule has 0 aliphatic carbocycles. The number of benzene rings is 1. The largest absolute Gasteiger partial charge is 0.387 e. The molecule has 4 rings (SSSR count). The first-order valence-corrected chi connectivity index (χ1v) is 8.91. The van der Waals surface area contributed by atoms with Crippen molar-refractivity contribution in [1.82, 2.24) is 14.8 Å². The quantitative estimate of drug-likeness (QED) is 0.846. The number of carbonyl (C=O) groups is 1. The summed E-state index contributed by atoms with van der Waals surface area (Å²) >= 11 is 0. The van der Waals surface area contributed by atoms with Gasteiger partial charge in [0.2, 0.25) is 5.78 Å². The molecule has 26 heavy (non-hydrogen) atoms. The second kappa shape index (κ2) is 7.08. The lowest BCUT2D eigenvalue weighted by atomic mass is 9.95. The Balaban J connectivity index is 1.54. The average Bonchev–Trinajstić information content (AvgIpc) is 3.25. The number of oxime groups is 1. The third kappa shape index (κ3) is 2.99. The fraction of sp³-hybridized carbons (Fsp3) is 0.421. The van der Waals surface area contributed by atoms with Crippen molar-refractivity contribution in [1.29, 1.82) is 5.26 Å². The van der Waals surface area contributed by atoms with Gasteiger partial charge in [-0.25, -0.2) is 0 Å². The normalized spacial score (nSPS) is 20.3. The Morgan fingerprint density at radius 1 is 1.23 bits per heavy atom. The van der Waals surface area contributed by atoms with Crippen LogP contribution >= 0.6 is 0 Å². The smallest absolute Gasteiger partial charge is 0.205 e. The molecule has 0 spiro atoms. The topological polar surface area (TPSA) is 93.2 Å². The number of hydrogen-bond acceptors (Lipinski definition) is 6. The summed E-state index contributed by atoms with van der Waals surface area (Å²) in [5.74, 6) is -0.0471. The standard InChI is InChI=1S/C19H19N5O2/c20-12-14(19-22-21-17-9-5-2-6-10-24(17)19)18(25)15-11-16(26-23-15)13-7-3-1-4-8-13/h1,3-4,7-8,14,16H,2,5-6,9-11H2/t14-,16+/m1/s1. The summed E-state index contributed by atoms with van der Waals surface area (Å²) < 4.78 is 1.93. The number of hydrogen-bond donors (Lipinski definition) is 0. The zero-order chi connectivity index (χ0) is 17.9. The summed E-state index contributed by atoms with van der Waals surface area (Å²) in [6, 6.07) is 11.7. The maximum Gasteiger partial charge on any atom is 0.205 e. The molecule has 1 aromatic heterocycles. The SMILES string of the molecule is N#C[C@H](C(=O)C1=NO[C@H](c2ccccc2)C1)c1nnc2n1CCCCC2. The Morgan fingerprint density at radius 2 is 2.08 bits per heavy atom. The van der Waals surface area contributed by atoms with Crippen LogP contribution in [-0.2, 0) is 22.6 Å². The van der Waals surface area contributed by atoms with E-state index in [9.17, 15) is 10.1 Å². The first-order valence-electron chi connectivity index (χ1n) is 8.91. The first-order chi connectivity index (χ1) is 12.8. The highest BCUT2D eigenvalue weighted by molar-refractivity contribution is 6.42. The molecule has 7 heteroatoms. The highest BCUT2D eigenvalue weighted by Crippen LogP contribution is 2.30. The van der Waals surface area contributed by atoms with Crippen molar-refractivity contribution in [2.45, 2.75) is 50.7 Å². The van der Waals surface area contributed by atoms with E-state index in [1.165, 1.54) is 0 Å². The number of rotatable bonds is 4. The van der Waals surface area contributed by atoms with E-state index < -0.39 is 5.92 Å². The van der Waals surface area contributed by atoms with Crippen LogP contribution in [0.5, 0.6) is 0 Å². The van der Waals surface area contributed by atoms with Crippen LogP contribution in [0.4, 0.5) is 0 Å². The zero-order valence-electron chi connectivity index (χ0n) is 14.3. The summed E-state index contributed by atoms with van der Waals surface area (Å²) in [5, 5.41) is 21.9. The van der Waals surface area contributed by atoms with Crippen LogP contribution in [0.15, 0.2) is 35.5 Å². The van der Waals surface area contributed by atoms with Crippen molar-refractivity contribution in [2.75, 3.05) is 0 Å². The van der Waals surface area contributed by atoms with Crippen LogP contribution in [0, 0.1) is 11.3 Å². The third-order valence-electron chi connectivity index (χ3n) is 4.91. The molecule has 7 nitrogen and oxygen atoms in total. The van der Waals surface area contributed by atoms with Gasteiger partial charge in [0.1, 0.15) is 11.5 Å². The highest BCUT2D eigenvalue weighted by atomic mass is 16.6. The average molecular weight is 349 g/mol. The molecule has 0 radical (unpaired) electrons. The molecular weight excluding hydrogens is 330 g/mol. The molecule has 0 unspecified atom stereocenters. The Kier molecular flexibility index (Phi) is 4.48. The molecule has 2 aliphatic rings. The molecule has 0 saturated heterocycles. The number of nitriles is 1. The lowest BCUT2D eigenvalue weighted by Gasteiger charge is -2.11. The van der Waals surface area contributed by atoms with Gasteiger partial charge in [0.25, 0.3) is 0 Å². The summed E-state index contributed by atoms with van der Waals surface area (Å²) in [6.07, 6.45) is 4.09. The van der Waals surface area contributed by atoms with Gasteiger partial charge < -0.3 is 9.40 Å². The van der Waals surface area contributed by atoms with Crippen LogP contribution in [0.1, 0.15) is 54.9 Å². The second-order valence-corrected chi connectivity index (χ2v) is 6.61. The minimum absolute atomic E-state index is 0.287. The Labute approximate surface area is 151 Å². The zero-order valence-corrected chi connectivity index (χ0v) is 14.3. The second-order valence-electron chi connectivity index (χ2n) is 6.61. The van der Waals surface area contributed by atoms with E-state index in [0.29, 0.717) is 12.2 Å². The van der Waals surface area contributed by atoms with E-state index >= 15 is 0 Å². The van der Waals surface area contributed by atoms with Crippen LogP contribution in [-0.4, -0.2) is 26.3 Å². The van der Waals surface area contributed by atoms with Crippen LogP contribution in [0.2, 0.25) is 0 Å². The van der Waals surface area contributed by atoms with Gasteiger partial charge in [-0.3, -0.25) is 4.79 Å². The number of fused-ring (bicyclic) bond motifs is 1. The highest BCUT2D eigenvalue weighted by Gasteiger charge is 2.35. The number of ketones is 1. The molecule has 0 bridgehead atoms. The van der Waals surface area contributed by atoms with Crippen molar-refractivity contribution < 1.29 is 9.63 Å². The predicted molar refractivity (Wildman–Crippen MR) is 93.3 cm³/mol. The Bertz CT molecular complexity index is 881. The van der Waals surface area contributed by atoms with Crippen LogP contribution < -0.4 is 0 Å². The van der Waals surface area contributed by atoms with Gasteiger partial charge in [0.05, 0.1) is 6.07 Å². The van der Waals surface area contributed by atoms with E-state index in [1.807, 2.05) is 34.9 Å². The fourth-order valence-electron chi connectivity index (χ4n) is 3.49. The maximum absolute atomic E-state index is 12.9. The number of carbonyl (C=O) groups excluding carboxylic acids is 1. The van der Waals surface area contributed by atoms with Gasteiger partial charge in [-0.15, -0.1) is 10.2 Å². The van der Waals surface area contributed by atoms with Gasteiger partial charge in [0.15, 0.2) is 17.8 Å². The van der Waals surface area contributed by atoms with E-state index in [2.05, 4.69) is 21.4 Å². The molecule has 0 amide bonds. The monoisotopic (exact) mass is 349 g/mol. The minimum atomic E-state index is -0.994. The summed E-state index contributed by atoms with van der Waals surface area (Å²) in [4.78, 5) is 18.3. The molecule has 0 saturated carbocycles. The van der Waals surface area contributed by atoms with E-state index in [0.717, 1.165) is 43.6 Å². The van der Waals surface area contributed by atoms with Crippen molar-refractivity contribution >= 4 is 11.5 Å². The van der Waals surface area contributed by atoms with Gasteiger partial charge in [-0.05, 0) is 18.4 Å². The van der Waals surface area contributed by atoms with E-state index in [1.54, 1.807) is 0 Å². The van der Waals surface area contributed by atoms with Crippen LogP contribution in [0.3, 0.4) is 0 Å². The van der Waals surface area contributed by atoms with Crippen molar-refractivity contribution in [3.8, 4) is 6.07 Å². The van der Waals surface area contributed by atoms with Crippen molar-refractivity contribution in [3.63, 3.8) is 0 Å². The number of aryl methyl sites for hydroxylation is 1. The maximum atomic E-state index is 12.9. The third-order valence-corrected chi connectivity index (χ3v) is 4.91. The fourth-order valence-corrected chi connectivity index (χ4v) is 3.49. The van der Waals surface area contributed by atoms with Gasteiger partial charge in [-0.2, -0.15) is 5.26 Å². The van der Waals surface area contributed by atoms with Crippen molar-refractivity contribution in [2.24, 2.45) is 5.16 Å². The number of nitrogens with zero attached hydrogens (tertiary/aromatic N) is 5. The first kappa shape index (κ1) is 16.5. The lowest BCUT2D eigenvalue weighted by molar-refractivity contribution is -0.113. The van der Waals surface area contributed by atoms with Gasteiger partial charge >= 0.3 is 0 Å². The number of Topliss-reactive ketones (excluding diaryl/α,β-unsaturated/α-hetero) is 1. The molecular formula is C19H19N5O2. The molecule has 0 N–H and O–H groups in total. The number of aromatic nitrogens is 3. The molecule has 2 aromatic rings.